The van der Waals surface area contributed by atoms with Gasteiger partial charge < -0.3 is 5.11 Å². The van der Waals surface area contributed by atoms with Crippen LogP contribution in [0.15, 0.2) is 47.6 Å². The van der Waals surface area contributed by atoms with Crippen LogP contribution >= 0.6 is 0 Å². The van der Waals surface area contributed by atoms with Crippen molar-refractivity contribution in [3.05, 3.63) is 63.7 Å². The van der Waals surface area contributed by atoms with E-state index in [9.17, 15) is 15.2 Å². The minimum absolute atomic E-state index is 0.0421. The van der Waals surface area contributed by atoms with Crippen LogP contribution in [0.1, 0.15) is 49.7 Å². The third-order valence-corrected chi connectivity index (χ3v) is 7.15. The fourth-order valence-corrected chi connectivity index (χ4v) is 6.29. The molecule has 2 aromatic rings. The van der Waals surface area contributed by atoms with Crippen molar-refractivity contribution in [3.8, 4) is 5.75 Å². The van der Waals surface area contributed by atoms with Gasteiger partial charge in [0.2, 0.25) is 0 Å². The zero-order chi connectivity index (χ0) is 20.0. The smallest absolute Gasteiger partial charge is 0.269 e. The summed E-state index contributed by atoms with van der Waals surface area (Å²) >= 11 is 0. The van der Waals surface area contributed by atoms with Crippen LogP contribution in [0.5, 0.6) is 5.75 Å². The van der Waals surface area contributed by atoms with E-state index >= 15 is 0 Å². The first-order valence-electron chi connectivity index (χ1n) is 10.4. The molecule has 4 aliphatic rings. The Morgan fingerprint density at radius 3 is 2.24 bits per heavy atom. The first-order chi connectivity index (χ1) is 14.0. The van der Waals surface area contributed by atoms with Crippen molar-refractivity contribution in [1.29, 1.82) is 0 Å². The molecule has 0 heterocycles. The second-order valence-electron chi connectivity index (χ2n) is 9.15. The van der Waals surface area contributed by atoms with Crippen LogP contribution in [0, 0.1) is 27.9 Å². The Morgan fingerprint density at radius 1 is 1.03 bits per heavy atom. The van der Waals surface area contributed by atoms with Crippen LogP contribution < -0.4 is 5.43 Å². The van der Waals surface area contributed by atoms with Crippen molar-refractivity contribution in [3.63, 3.8) is 0 Å². The van der Waals surface area contributed by atoms with E-state index < -0.39 is 4.92 Å². The maximum atomic E-state index is 10.7. The molecule has 6 nitrogen and oxygen atoms in total. The summed E-state index contributed by atoms with van der Waals surface area (Å²) in [6, 6.07) is 12.1. The number of phenolic OH excluding ortho intramolecular Hbond substituents is 1. The zero-order valence-electron chi connectivity index (χ0n) is 16.3. The highest BCUT2D eigenvalue weighted by Gasteiger charge is 2.51. The van der Waals surface area contributed by atoms with Crippen molar-refractivity contribution in [1.82, 2.24) is 0 Å². The Bertz CT molecular complexity index is 933. The molecule has 2 N–H and O–H groups in total. The SMILES string of the molecule is O=[N+]([O-])c1ccc(N/N=C/c2cc(C34CC5CC(CC(C5)C3)C4)ccc2O)cc1. The van der Waals surface area contributed by atoms with Gasteiger partial charge in [0, 0.05) is 17.7 Å². The number of nitrogens with one attached hydrogen (secondary N) is 1. The molecular weight excluding hydrogens is 366 g/mol. The molecule has 0 unspecified atom stereocenters. The van der Waals surface area contributed by atoms with Crippen LogP contribution in [-0.4, -0.2) is 16.2 Å². The van der Waals surface area contributed by atoms with E-state index in [0.717, 1.165) is 17.8 Å². The van der Waals surface area contributed by atoms with E-state index in [1.54, 1.807) is 24.4 Å². The fraction of sp³-hybridized carbons (Fsp3) is 0.435. The Morgan fingerprint density at radius 2 is 1.66 bits per heavy atom. The molecule has 0 aliphatic heterocycles. The highest BCUT2D eigenvalue weighted by Crippen LogP contribution is 2.60. The third-order valence-electron chi connectivity index (χ3n) is 7.15. The number of anilines is 1. The van der Waals surface area contributed by atoms with Crippen LogP contribution in [0.25, 0.3) is 0 Å². The van der Waals surface area contributed by atoms with Gasteiger partial charge in [-0.2, -0.15) is 5.10 Å². The zero-order valence-corrected chi connectivity index (χ0v) is 16.3. The lowest BCUT2D eigenvalue weighted by Gasteiger charge is -2.57. The van der Waals surface area contributed by atoms with Crippen LogP contribution in [0.3, 0.4) is 0 Å². The molecule has 4 bridgehead atoms. The summed E-state index contributed by atoms with van der Waals surface area (Å²) in [7, 11) is 0. The number of phenols is 1. The van der Waals surface area contributed by atoms with E-state index in [1.165, 1.54) is 56.2 Å². The van der Waals surface area contributed by atoms with Gasteiger partial charge in [0.25, 0.3) is 5.69 Å². The van der Waals surface area contributed by atoms with Gasteiger partial charge in [-0.05, 0) is 91.5 Å². The highest BCUT2D eigenvalue weighted by molar-refractivity contribution is 5.84. The molecule has 0 radical (unpaired) electrons. The van der Waals surface area contributed by atoms with Crippen molar-refractivity contribution in [2.45, 2.75) is 43.9 Å². The molecule has 29 heavy (non-hydrogen) atoms. The minimum atomic E-state index is -0.430. The summed E-state index contributed by atoms with van der Waals surface area (Å²) in [5.41, 5.74) is 5.89. The van der Waals surface area contributed by atoms with Gasteiger partial charge in [0.15, 0.2) is 0 Å². The minimum Gasteiger partial charge on any atom is -0.507 e. The largest absolute Gasteiger partial charge is 0.507 e. The molecule has 4 saturated carbocycles. The highest BCUT2D eigenvalue weighted by atomic mass is 16.6. The topological polar surface area (TPSA) is 87.8 Å². The average molecular weight is 391 g/mol. The quantitative estimate of drug-likeness (QED) is 0.416. The van der Waals surface area contributed by atoms with Gasteiger partial charge in [-0.25, -0.2) is 0 Å². The maximum Gasteiger partial charge on any atom is 0.269 e. The Kier molecular flexibility index (Phi) is 4.30. The van der Waals surface area contributed by atoms with Gasteiger partial charge in [0.1, 0.15) is 5.75 Å². The van der Waals surface area contributed by atoms with E-state index in [-0.39, 0.29) is 16.9 Å². The first-order valence-corrected chi connectivity index (χ1v) is 10.4. The number of nitrogens with zero attached hydrogens (tertiary/aromatic N) is 2. The summed E-state index contributed by atoms with van der Waals surface area (Å²) in [6.45, 7) is 0. The maximum absolute atomic E-state index is 10.7. The van der Waals surface area contributed by atoms with Gasteiger partial charge in [-0.3, -0.25) is 15.5 Å². The number of hydrogen-bond acceptors (Lipinski definition) is 5. The van der Waals surface area contributed by atoms with Gasteiger partial charge in [0.05, 0.1) is 16.8 Å². The van der Waals surface area contributed by atoms with Crippen molar-refractivity contribution in [2.75, 3.05) is 5.43 Å². The number of non-ortho nitro benzene ring substituents is 1. The number of rotatable bonds is 5. The molecule has 2 aromatic carbocycles. The van der Waals surface area contributed by atoms with Gasteiger partial charge in [-0.1, -0.05) is 6.07 Å². The number of hydrogen-bond donors (Lipinski definition) is 2. The Labute approximate surface area is 169 Å². The number of nitro groups is 1. The molecule has 4 aliphatic carbocycles. The molecule has 0 aromatic heterocycles. The Balaban J connectivity index is 1.35. The summed E-state index contributed by atoms with van der Waals surface area (Å²) < 4.78 is 0. The normalized spacial score (nSPS) is 30.0. The Hall–Kier alpha value is -2.89. The van der Waals surface area contributed by atoms with E-state index in [1.807, 2.05) is 0 Å². The molecule has 6 heteroatoms. The standard InChI is InChI=1S/C23H25N3O3/c27-22-6-1-19(23-11-15-7-16(12-23)9-17(8-15)13-23)10-18(22)14-24-25-20-2-4-21(5-3-20)26(28)29/h1-6,10,14-17,25,27H,7-9,11-13H2/b24-14+. The molecule has 0 saturated heterocycles. The van der Waals surface area contributed by atoms with Crippen molar-refractivity contribution < 1.29 is 10.0 Å². The lowest BCUT2D eigenvalue weighted by molar-refractivity contribution is -0.384. The van der Waals surface area contributed by atoms with Crippen molar-refractivity contribution >= 4 is 17.6 Å². The molecule has 0 atom stereocenters. The van der Waals surface area contributed by atoms with Crippen LogP contribution in [-0.2, 0) is 5.41 Å². The lowest BCUT2D eigenvalue weighted by Crippen LogP contribution is -2.48. The molecule has 150 valence electrons. The monoisotopic (exact) mass is 391 g/mol. The summed E-state index contributed by atoms with van der Waals surface area (Å²) in [4.78, 5) is 10.3. The summed E-state index contributed by atoms with van der Waals surface area (Å²) in [5.74, 6) is 2.83. The summed E-state index contributed by atoms with van der Waals surface area (Å²) in [6.07, 6.45) is 9.69. The van der Waals surface area contributed by atoms with Crippen molar-refractivity contribution in [2.24, 2.45) is 22.9 Å². The van der Waals surface area contributed by atoms with E-state index in [4.69, 9.17) is 0 Å². The fourth-order valence-electron chi connectivity index (χ4n) is 6.29. The van der Waals surface area contributed by atoms with Crippen LogP contribution in [0.2, 0.25) is 0 Å². The number of hydrazone groups is 1. The number of aromatic hydroxyl groups is 1. The van der Waals surface area contributed by atoms with Crippen LogP contribution in [0.4, 0.5) is 11.4 Å². The first kappa shape index (κ1) is 18.2. The van der Waals surface area contributed by atoms with Gasteiger partial charge >= 0.3 is 0 Å². The second-order valence-corrected chi connectivity index (χ2v) is 9.15. The second kappa shape index (κ2) is 6.87. The summed E-state index contributed by atoms with van der Waals surface area (Å²) in [5, 5.41) is 25.3. The molecule has 0 amide bonds. The predicted octanol–water partition coefficient (Wildman–Crippen LogP) is 5.21. The van der Waals surface area contributed by atoms with Gasteiger partial charge in [-0.15, -0.1) is 0 Å². The molecule has 0 spiro atoms. The molecule has 6 rings (SSSR count). The molecule has 4 fully saturated rings. The lowest BCUT2D eigenvalue weighted by atomic mass is 9.48. The number of benzene rings is 2. The average Bonchev–Trinajstić information content (AvgIpc) is 2.68. The predicted molar refractivity (Wildman–Crippen MR) is 112 cm³/mol. The number of nitro benzene ring substituents is 1. The van der Waals surface area contributed by atoms with E-state index in [0.29, 0.717) is 11.3 Å². The molecular formula is C23H25N3O3. The third kappa shape index (κ3) is 3.37. The van der Waals surface area contributed by atoms with E-state index in [2.05, 4.69) is 22.7 Å².